The summed E-state index contributed by atoms with van der Waals surface area (Å²) in [6.07, 6.45) is 0. The Morgan fingerprint density at radius 3 is 2.31 bits per heavy atom. The zero-order valence-electron chi connectivity index (χ0n) is 14.4. The fraction of sp³-hybridized carbons (Fsp3) is 0.143. The molecule has 1 aromatic heterocycles. The van der Waals surface area contributed by atoms with E-state index in [1.807, 2.05) is 60.7 Å². The van der Waals surface area contributed by atoms with Crippen molar-refractivity contribution in [1.82, 2.24) is 10.3 Å². The lowest BCUT2D eigenvalue weighted by molar-refractivity contribution is 0.0919. The minimum absolute atomic E-state index is 0.0799. The van der Waals surface area contributed by atoms with Crippen LogP contribution in [0.25, 0.3) is 0 Å². The van der Waals surface area contributed by atoms with Crippen LogP contribution >= 0.6 is 0 Å². The summed E-state index contributed by atoms with van der Waals surface area (Å²) in [6.45, 7) is 2.02. The molecule has 1 atom stereocenters. The number of rotatable bonds is 6. The van der Waals surface area contributed by atoms with Crippen molar-refractivity contribution in [3.63, 3.8) is 0 Å². The molecule has 5 nitrogen and oxygen atoms in total. The SMILES string of the molecule is Cc1ccc(C(=O)NC(COc2ccccc2)c2ccccc2)c(=O)[nH]1. The van der Waals surface area contributed by atoms with Gasteiger partial charge >= 0.3 is 0 Å². The van der Waals surface area contributed by atoms with Crippen LogP contribution in [0.15, 0.2) is 77.6 Å². The first-order valence-electron chi connectivity index (χ1n) is 8.37. The maximum atomic E-state index is 12.6. The topological polar surface area (TPSA) is 71.2 Å². The molecule has 3 rings (SSSR count). The van der Waals surface area contributed by atoms with Gasteiger partial charge in [-0.25, -0.2) is 0 Å². The predicted molar refractivity (Wildman–Crippen MR) is 100 cm³/mol. The van der Waals surface area contributed by atoms with E-state index >= 15 is 0 Å². The Kier molecular flexibility index (Phi) is 5.49. The van der Waals surface area contributed by atoms with Crippen molar-refractivity contribution in [1.29, 1.82) is 0 Å². The van der Waals surface area contributed by atoms with Crippen molar-refractivity contribution in [2.75, 3.05) is 6.61 Å². The first kappa shape index (κ1) is 17.5. The van der Waals surface area contributed by atoms with Gasteiger partial charge in [-0.3, -0.25) is 9.59 Å². The molecule has 1 heterocycles. The molecular weight excluding hydrogens is 328 g/mol. The fourth-order valence-corrected chi connectivity index (χ4v) is 2.59. The largest absolute Gasteiger partial charge is 0.491 e. The van der Waals surface area contributed by atoms with Crippen LogP contribution in [0.3, 0.4) is 0 Å². The Morgan fingerprint density at radius 2 is 1.65 bits per heavy atom. The number of ether oxygens (including phenoxy) is 1. The lowest BCUT2D eigenvalue weighted by atomic mass is 10.1. The summed E-state index contributed by atoms with van der Waals surface area (Å²) in [7, 11) is 0. The van der Waals surface area contributed by atoms with Crippen LogP contribution in [0.1, 0.15) is 27.7 Å². The van der Waals surface area contributed by atoms with Crippen molar-refractivity contribution in [3.8, 4) is 5.75 Å². The van der Waals surface area contributed by atoms with Crippen LogP contribution in [0.2, 0.25) is 0 Å². The molecule has 3 aromatic rings. The minimum atomic E-state index is -0.434. The molecule has 132 valence electrons. The molecule has 26 heavy (non-hydrogen) atoms. The van der Waals surface area contributed by atoms with E-state index in [9.17, 15) is 9.59 Å². The Hall–Kier alpha value is -3.34. The number of aromatic amines is 1. The first-order valence-corrected chi connectivity index (χ1v) is 8.37. The molecule has 2 N–H and O–H groups in total. The van der Waals surface area contributed by atoms with E-state index in [4.69, 9.17) is 4.74 Å². The number of nitrogens with one attached hydrogen (secondary N) is 2. The van der Waals surface area contributed by atoms with Gasteiger partial charge < -0.3 is 15.0 Å². The maximum absolute atomic E-state index is 12.6. The fourth-order valence-electron chi connectivity index (χ4n) is 2.59. The van der Waals surface area contributed by atoms with Crippen molar-refractivity contribution in [2.45, 2.75) is 13.0 Å². The molecule has 0 aliphatic heterocycles. The third-order valence-corrected chi connectivity index (χ3v) is 3.97. The standard InChI is InChI=1S/C21H20N2O3/c1-15-12-13-18(20(24)22-15)21(25)23-19(16-8-4-2-5-9-16)14-26-17-10-6-3-7-11-17/h2-13,19H,14H2,1H3,(H,22,24)(H,23,25). The summed E-state index contributed by atoms with van der Waals surface area (Å²) in [4.78, 5) is 27.3. The van der Waals surface area contributed by atoms with Gasteiger partial charge in [0.25, 0.3) is 11.5 Å². The van der Waals surface area contributed by atoms with Crippen LogP contribution in [-0.2, 0) is 0 Å². The highest BCUT2D eigenvalue weighted by Crippen LogP contribution is 2.16. The molecule has 0 aliphatic carbocycles. The molecule has 0 spiro atoms. The molecule has 0 aliphatic rings. The van der Waals surface area contributed by atoms with Gasteiger partial charge in [0.05, 0.1) is 6.04 Å². The number of amides is 1. The van der Waals surface area contributed by atoms with Gasteiger partial charge in [0.1, 0.15) is 17.9 Å². The van der Waals surface area contributed by atoms with Gasteiger partial charge in [0, 0.05) is 5.69 Å². The minimum Gasteiger partial charge on any atom is -0.491 e. The predicted octanol–water partition coefficient (Wildman–Crippen LogP) is 3.23. The Morgan fingerprint density at radius 1 is 1.00 bits per heavy atom. The zero-order valence-corrected chi connectivity index (χ0v) is 14.4. The Labute approximate surface area is 151 Å². The molecule has 0 saturated heterocycles. The molecule has 2 aromatic carbocycles. The molecule has 0 fully saturated rings. The molecule has 0 bridgehead atoms. The van der Waals surface area contributed by atoms with E-state index in [1.165, 1.54) is 6.07 Å². The number of hydrogen-bond acceptors (Lipinski definition) is 3. The Bertz CT molecular complexity index is 921. The number of aromatic nitrogens is 1. The van der Waals surface area contributed by atoms with Crippen molar-refractivity contribution < 1.29 is 9.53 Å². The average molecular weight is 348 g/mol. The summed E-state index contributed by atoms with van der Waals surface area (Å²) < 4.78 is 5.81. The number of H-pyrrole nitrogens is 1. The third-order valence-electron chi connectivity index (χ3n) is 3.97. The lowest BCUT2D eigenvalue weighted by Gasteiger charge is -2.20. The lowest BCUT2D eigenvalue weighted by Crippen LogP contribution is -2.35. The molecule has 1 unspecified atom stereocenters. The van der Waals surface area contributed by atoms with E-state index in [0.29, 0.717) is 5.69 Å². The van der Waals surface area contributed by atoms with Gasteiger partial charge in [-0.05, 0) is 36.8 Å². The molecule has 5 heteroatoms. The number of carbonyl (C=O) groups excluding carboxylic acids is 1. The van der Waals surface area contributed by atoms with Crippen molar-refractivity contribution in [2.24, 2.45) is 0 Å². The van der Waals surface area contributed by atoms with E-state index in [-0.39, 0.29) is 18.2 Å². The number of pyridine rings is 1. The van der Waals surface area contributed by atoms with Crippen molar-refractivity contribution >= 4 is 5.91 Å². The van der Waals surface area contributed by atoms with Crippen molar-refractivity contribution in [3.05, 3.63) is 100.0 Å². The summed E-state index contributed by atoms with van der Waals surface area (Å²) >= 11 is 0. The average Bonchev–Trinajstić information content (AvgIpc) is 2.66. The molecular formula is C21H20N2O3. The Balaban J connectivity index is 1.79. The third kappa shape index (κ3) is 4.39. The van der Waals surface area contributed by atoms with Crippen LogP contribution in [0.4, 0.5) is 0 Å². The highest BCUT2D eigenvalue weighted by atomic mass is 16.5. The van der Waals surface area contributed by atoms with E-state index in [2.05, 4.69) is 10.3 Å². The second kappa shape index (κ2) is 8.16. The van der Waals surface area contributed by atoms with Gasteiger partial charge in [0.2, 0.25) is 0 Å². The number of benzene rings is 2. The number of aryl methyl sites for hydroxylation is 1. The van der Waals surface area contributed by atoms with E-state index in [1.54, 1.807) is 13.0 Å². The zero-order chi connectivity index (χ0) is 18.4. The highest BCUT2D eigenvalue weighted by molar-refractivity contribution is 5.94. The second-order valence-electron chi connectivity index (χ2n) is 5.94. The normalized spacial score (nSPS) is 11.6. The molecule has 1 amide bonds. The monoisotopic (exact) mass is 348 g/mol. The number of hydrogen-bond donors (Lipinski definition) is 2. The first-order chi connectivity index (χ1) is 12.6. The van der Waals surface area contributed by atoms with Crippen LogP contribution in [-0.4, -0.2) is 17.5 Å². The smallest absolute Gasteiger partial charge is 0.260 e. The van der Waals surface area contributed by atoms with Gasteiger partial charge in [-0.15, -0.1) is 0 Å². The summed E-state index contributed by atoms with van der Waals surface area (Å²) in [5.74, 6) is 0.285. The van der Waals surface area contributed by atoms with Crippen LogP contribution in [0.5, 0.6) is 5.75 Å². The van der Waals surface area contributed by atoms with Crippen LogP contribution < -0.4 is 15.6 Å². The van der Waals surface area contributed by atoms with Gasteiger partial charge in [-0.1, -0.05) is 48.5 Å². The summed E-state index contributed by atoms with van der Waals surface area (Å²) in [5, 5.41) is 2.90. The van der Waals surface area contributed by atoms with E-state index in [0.717, 1.165) is 11.3 Å². The molecule has 0 radical (unpaired) electrons. The van der Waals surface area contributed by atoms with Gasteiger partial charge in [-0.2, -0.15) is 0 Å². The number of carbonyl (C=O) groups is 1. The highest BCUT2D eigenvalue weighted by Gasteiger charge is 2.18. The van der Waals surface area contributed by atoms with E-state index < -0.39 is 11.5 Å². The van der Waals surface area contributed by atoms with Gasteiger partial charge in [0.15, 0.2) is 0 Å². The molecule has 0 saturated carbocycles. The summed E-state index contributed by atoms with van der Waals surface area (Å²) in [6, 6.07) is 21.8. The quantitative estimate of drug-likeness (QED) is 0.718. The summed E-state index contributed by atoms with van der Waals surface area (Å²) in [5.41, 5.74) is 1.29. The number of para-hydroxylation sites is 1. The second-order valence-corrected chi connectivity index (χ2v) is 5.94. The van der Waals surface area contributed by atoms with Crippen LogP contribution in [0, 0.1) is 6.92 Å². The maximum Gasteiger partial charge on any atom is 0.260 e.